The molecule has 0 fully saturated rings. The third kappa shape index (κ3) is 5.78. The molecule has 1 N–H and O–H groups in total. The predicted molar refractivity (Wildman–Crippen MR) is 70.0 cm³/mol. The van der Waals surface area contributed by atoms with E-state index in [2.05, 4.69) is 5.32 Å². The summed E-state index contributed by atoms with van der Waals surface area (Å²) in [5.41, 5.74) is 1.16. The Morgan fingerprint density at radius 1 is 1.28 bits per heavy atom. The molecule has 1 unspecified atom stereocenters. The smallest absolute Gasteiger partial charge is 0.316 e. The molecule has 0 heterocycles. The average Bonchev–Trinajstić information content (AvgIpc) is 2.30. The molecule has 5 heteroatoms. The third-order valence-corrected chi connectivity index (χ3v) is 4.06. The predicted octanol–water partition coefficient (Wildman–Crippen LogP) is 4.02. The normalized spacial score (nSPS) is 13.6. The van der Waals surface area contributed by atoms with Crippen LogP contribution < -0.4 is 5.32 Å². The van der Waals surface area contributed by atoms with Gasteiger partial charge in [0.05, 0.1) is 0 Å². The Hall–Kier alpha value is -0.680. The van der Waals surface area contributed by atoms with Crippen LogP contribution in [0.5, 0.6) is 0 Å². The lowest BCUT2D eigenvalue weighted by Crippen LogP contribution is -2.29. The van der Waals surface area contributed by atoms with Crippen molar-refractivity contribution in [2.75, 3.05) is 12.8 Å². The van der Waals surface area contributed by atoms with E-state index >= 15 is 0 Å². The van der Waals surface area contributed by atoms with Crippen LogP contribution in [0.2, 0.25) is 0 Å². The summed E-state index contributed by atoms with van der Waals surface area (Å²) in [5, 5.41) is 2.94. The maximum absolute atomic E-state index is 12.1. The molecule has 1 rings (SSSR count). The van der Waals surface area contributed by atoms with Gasteiger partial charge in [-0.25, -0.2) is 0 Å². The lowest BCUT2D eigenvalue weighted by molar-refractivity contribution is -0.136. The maximum atomic E-state index is 12.1. The molecule has 0 saturated carbocycles. The fourth-order valence-electron chi connectivity index (χ4n) is 1.56. The van der Waals surface area contributed by atoms with Gasteiger partial charge in [0.25, 0.3) is 0 Å². The molecule has 1 aromatic rings. The molecule has 0 saturated heterocycles. The Morgan fingerprint density at radius 3 is 2.50 bits per heavy atom. The fourth-order valence-corrected chi connectivity index (χ4v) is 2.74. The lowest BCUT2D eigenvalue weighted by Gasteiger charge is -2.17. The van der Waals surface area contributed by atoms with Crippen molar-refractivity contribution in [2.45, 2.75) is 36.9 Å². The number of halogens is 3. The first kappa shape index (κ1) is 15.4. The number of benzene rings is 1. The SMILES string of the molecule is CNC(CCC(F)(F)F)CSc1ccccc1C. The fraction of sp³-hybridized carbons (Fsp3) is 0.538. The molecular weight excluding hydrogens is 259 g/mol. The zero-order chi connectivity index (χ0) is 13.6. The van der Waals surface area contributed by atoms with Gasteiger partial charge in [-0.05, 0) is 32.0 Å². The minimum Gasteiger partial charge on any atom is -0.316 e. The second kappa shape index (κ2) is 7.04. The maximum Gasteiger partial charge on any atom is 0.389 e. The molecule has 0 aliphatic carbocycles. The summed E-state index contributed by atoms with van der Waals surface area (Å²) in [7, 11) is 1.71. The summed E-state index contributed by atoms with van der Waals surface area (Å²) in [6.07, 6.45) is -4.67. The Kier molecular flexibility index (Phi) is 6.02. The van der Waals surface area contributed by atoms with Gasteiger partial charge in [0.1, 0.15) is 0 Å². The van der Waals surface area contributed by atoms with Crippen LogP contribution in [-0.4, -0.2) is 25.0 Å². The molecule has 0 radical (unpaired) electrons. The number of hydrogen-bond acceptors (Lipinski definition) is 2. The highest BCUT2D eigenvalue weighted by atomic mass is 32.2. The quantitative estimate of drug-likeness (QED) is 0.788. The molecule has 1 nitrogen and oxygen atoms in total. The van der Waals surface area contributed by atoms with E-state index in [-0.39, 0.29) is 12.5 Å². The molecule has 0 amide bonds. The van der Waals surface area contributed by atoms with Crippen molar-refractivity contribution in [3.63, 3.8) is 0 Å². The number of nitrogens with one attached hydrogen (secondary N) is 1. The molecule has 1 atom stereocenters. The zero-order valence-corrected chi connectivity index (χ0v) is 11.4. The van der Waals surface area contributed by atoms with Gasteiger partial charge in [0.2, 0.25) is 0 Å². The summed E-state index contributed by atoms with van der Waals surface area (Å²) < 4.78 is 36.4. The van der Waals surface area contributed by atoms with E-state index in [0.29, 0.717) is 5.75 Å². The van der Waals surface area contributed by atoms with Crippen LogP contribution >= 0.6 is 11.8 Å². The first-order chi connectivity index (χ1) is 8.42. The average molecular weight is 277 g/mol. The van der Waals surface area contributed by atoms with E-state index in [0.717, 1.165) is 10.5 Å². The van der Waals surface area contributed by atoms with Gasteiger partial charge in [-0.1, -0.05) is 18.2 Å². The molecule has 0 spiro atoms. The number of rotatable bonds is 6. The number of thioether (sulfide) groups is 1. The standard InChI is InChI=1S/C13H18F3NS/c1-10-5-3-4-6-12(10)18-9-11(17-2)7-8-13(14,15)16/h3-6,11,17H,7-9H2,1-2H3. The van der Waals surface area contributed by atoms with Gasteiger partial charge < -0.3 is 5.32 Å². The molecule has 0 aliphatic heterocycles. The third-order valence-electron chi connectivity index (χ3n) is 2.72. The minimum absolute atomic E-state index is 0.115. The van der Waals surface area contributed by atoms with Crippen LogP contribution in [0.3, 0.4) is 0 Å². The molecule has 1 aromatic carbocycles. The van der Waals surface area contributed by atoms with Crippen molar-refractivity contribution < 1.29 is 13.2 Å². The molecular formula is C13H18F3NS. The first-order valence-corrected chi connectivity index (χ1v) is 6.83. The van der Waals surface area contributed by atoms with Crippen LogP contribution in [-0.2, 0) is 0 Å². The first-order valence-electron chi connectivity index (χ1n) is 5.85. The topological polar surface area (TPSA) is 12.0 Å². The highest BCUT2D eigenvalue weighted by Crippen LogP contribution is 2.26. The van der Waals surface area contributed by atoms with E-state index in [4.69, 9.17) is 0 Å². The Morgan fingerprint density at radius 2 is 1.94 bits per heavy atom. The minimum atomic E-state index is -4.07. The van der Waals surface area contributed by atoms with E-state index in [9.17, 15) is 13.2 Å². The summed E-state index contributed by atoms with van der Waals surface area (Å²) in [6, 6.07) is 7.79. The molecule has 0 aliphatic rings. The second-order valence-corrected chi connectivity index (χ2v) is 5.28. The Balaban J connectivity index is 2.43. The van der Waals surface area contributed by atoms with E-state index < -0.39 is 12.6 Å². The molecule has 102 valence electrons. The molecule has 0 aromatic heterocycles. The van der Waals surface area contributed by atoms with Gasteiger partial charge in [0.15, 0.2) is 0 Å². The second-order valence-electron chi connectivity index (χ2n) is 4.22. The van der Waals surface area contributed by atoms with E-state index in [1.165, 1.54) is 0 Å². The van der Waals surface area contributed by atoms with Crippen LogP contribution in [0.1, 0.15) is 18.4 Å². The summed E-state index contributed by atoms with van der Waals surface area (Å²) in [5.74, 6) is 0.650. The van der Waals surface area contributed by atoms with Crippen molar-refractivity contribution in [1.82, 2.24) is 5.32 Å². The van der Waals surface area contributed by atoms with Gasteiger partial charge in [0, 0.05) is 23.1 Å². The highest BCUT2D eigenvalue weighted by molar-refractivity contribution is 7.99. The number of aryl methyl sites for hydroxylation is 1. The van der Waals surface area contributed by atoms with Crippen molar-refractivity contribution >= 4 is 11.8 Å². The summed E-state index contributed by atoms with van der Waals surface area (Å²) in [6.45, 7) is 2.01. The zero-order valence-electron chi connectivity index (χ0n) is 10.6. The number of alkyl halides is 3. The van der Waals surface area contributed by atoms with Crippen molar-refractivity contribution in [3.8, 4) is 0 Å². The van der Waals surface area contributed by atoms with Crippen molar-refractivity contribution in [2.24, 2.45) is 0 Å². The van der Waals surface area contributed by atoms with Crippen LogP contribution in [0.25, 0.3) is 0 Å². The van der Waals surface area contributed by atoms with Gasteiger partial charge in [-0.15, -0.1) is 11.8 Å². The summed E-state index contributed by atoms with van der Waals surface area (Å²) >= 11 is 1.60. The van der Waals surface area contributed by atoms with Crippen molar-refractivity contribution in [3.05, 3.63) is 29.8 Å². The molecule has 0 bridgehead atoms. The van der Waals surface area contributed by atoms with Crippen LogP contribution in [0, 0.1) is 6.92 Å². The molecule has 18 heavy (non-hydrogen) atoms. The Bertz CT molecular complexity index is 365. The number of hydrogen-bond donors (Lipinski definition) is 1. The van der Waals surface area contributed by atoms with E-state index in [1.54, 1.807) is 18.8 Å². The van der Waals surface area contributed by atoms with Gasteiger partial charge in [-0.2, -0.15) is 13.2 Å². The van der Waals surface area contributed by atoms with Gasteiger partial charge in [-0.3, -0.25) is 0 Å². The van der Waals surface area contributed by atoms with Crippen molar-refractivity contribution in [1.29, 1.82) is 0 Å². The van der Waals surface area contributed by atoms with E-state index in [1.807, 2.05) is 31.2 Å². The lowest BCUT2D eigenvalue weighted by atomic mass is 10.2. The van der Waals surface area contributed by atoms with Gasteiger partial charge >= 0.3 is 6.18 Å². The highest BCUT2D eigenvalue weighted by Gasteiger charge is 2.27. The largest absolute Gasteiger partial charge is 0.389 e. The monoisotopic (exact) mass is 277 g/mol. The summed E-state index contributed by atoms with van der Waals surface area (Å²) in [4.78, 5) is 1.13. The van der Waals surface area contributed by atoms with Crippen LogP contribution in [0.4, 0.5) is 13.2 Å². The Labute approximate surface area is 110 Å². The van der Waals surface area contributed by atoms with Crippen LogP contribution in [0.15, 0.2) is 29.2 Å².